The van der Waals surface area contributed by atoms with E-state index in [0.29, 0.717) is 23.6 Å². The van der Waals surface area contributed by atoms with Gasteiger partial charge in [-0.05, 0) is 12.1 Å². The molecule has 1 aromatic carbocycles. The van der Waals surface area contributed by atoms with E-state index < -0.39 is 0 Å². The lowest BCUT2D eigenvalue weighted by molar-refractivity contribution is 0.0656. The topological polar surface area (TPSA) is 78.5 Å². The summed E-state index contributed by atoms with van der Waals surface area (Å²) in [7, 11) is 0. The molecule has 0 aromatic heterocycles. The van der Waals surface area contributed by atoms with Gasteiger partial charge in [0.15, 0.2) is 0 Å². The van der Waals surface area contributed by atoms with E-state index in [9.17, 15) is 14.4 Å². The second-order valence-corrected chi connectivity index (χ2v) is 4.56. The molecule has 0 aliphatic carbocycles. The zero-order chi connectivity index (χ0) is 14.5. The van der Waals surface area contributed by atoms with Crippen molar-refractivity contribution in [3.8, 4) is 0 Å². The highest BCUT2D eigenvalue weighted by atomic mass is 35.5. The van der Waals surface area contributed by atoms with Gasteiger partial charge in [0.25, 0.3) is 11.8 Å². The number of hydrogen-bond donors (Lipinski definition) is 2. The minimum Gasteiger partial charge on any atom is -0.337 e. The summed E-state index contributed by atoms with van der Waals surface area (Å²) in [5, 5.41) is 5.08. The second kappa shape index (κ2) is 6.38. The van der Waals surface area contributed by atoms with Gasteiger partial charge >= 0.3 is 6.03 Å². The highest BCUT2D eigenvalue weighted by molar-refractivity contribution is 6.21. The number of nitrogens with one attached hydrogen (secondary N) is 2. The number of carbonyl (C=O) groups excluding carboxylic acids is 3. The Hall–Kier alpha value is -2.08. The number of imide groups is 1. The Morgan fingerprint density at radius 2 is 1.60 bits per heavy atom. The van der Waals surface area contributed by atoms with Crippen molar-refractivity contribution in [2.75, 3.05) is 25.5 Å². The number of benzene rings is 1. The van der Waals surface area contributed by atoms with E-state index in [1.165, 1.54) is 0 Å². The zero-order valence-corrected chi connectivity index (χ0v) is 11.4. The Balaban J connectivity index is 1.88. The quantitative estimate of drug-likeness (QED) is 0.623. The van der Waals surface area contributed by atoms with Crippen molar-refractivity contribution in [3.63, 3.8) is 0 Å². The molecule has 1 aliphatic rings. The number of halogens is 1. The fourth-order valence-electron chi connectivity index (χ4n) is 1.95. The molecule has 1 heterocycles. The van der Waals surface area contributed by atoms with Gasteiger partial charge in [0, 0.05) is 25.5 Å². The summed E-state index contributed by atoms with van der Waals surface area (Å²) in [4.78, 5) is 36.4. The first-order chi connectivity index (χ1) is 9.65. The maximum Gasteiger partial charge on any atom is 0.314 e. The third-order valence-corrected chi connectivity index (χ3v) is 3.07. The van der Waals surface area contributed by atoms with Crippen molar-refractivity contribution < 1.29 is 14.4 Å². The standard InChI is InChI=1S/C13H14ClN3O3/c14-5-6-15-13(20)16-7-8-17-11(18)9-3-1-2-4-10(9)12(17)19/h1-4H,5-8H2,(H2,15,16,20). The molecule has 0 saturated carbocycles. The molecule has 1 aromatic rings. The number of rotatable bonds is 5. The highest BCUT2D eigenvalue weighted by Gasteiger charge is 2.34. The Morgan fingerprint density at radius 3 is 2.15 bits per heavy atom. The number of alkyl halides is 1. The molecule has 2 N–H and O–H groups in total. The lowest BCUT2D eigenvalue weighted by Gasteiger charge is -2.14. The maximum atomic E-state index is 12.0. The van der Waals surface area contributed by atoms with Crippen LogP contribution in [-0.2, 0) is 0 Å². The van der Waals surface area contributed by atoms with E-state index in [0.717, 1.165) is 4.90 Å². The average Bonchev–Trinajstić information content (AvgIpc) is 2.70. The molecule has 1 aliphatic heterocycles. The van der Waals surface area contributed by atoms with Gasteiger partial charge in [-0.3, -0.25) is 14.5 Å². The van der Waals surface area contributed by atoms with Crippen LogP contribution in [0.2, 0.25) is 0 Å². The van der Waals surface area contributed by atoms with Crippen LogP contribution >= 0.6 is 11.6 Å². The van der Waals surface area contributed by atoms with Gasteiger partial charge in [0.1, 0.15) is 0 Å². The summed E-state index contributed by atoms with van der Waals surface area (Å²) < 4.78 is 0. The molecular weight excluding hydrogens is 282 g/mol. The van der Waals surface area contributed by atoms with E-state index in [1.54, 1.807) is 24.3 Å². The summed E-state index contributed by atoms with van der Waals surface area (Å²) in [5.41, 5.74) is 0.813. The third-order valence-electron chi connectivity index (χ3n) is 2.88. The molecule has 7 heteroatoms. The molecule has 0 saturated heterocycles. The molecule has 0 atom stereocenters. The predicted molar refractivity (Wildman–Crippen MR) is 73.9 cm³/mol. The Bertz CT molecular complexity index is 512. The van der Waals surface area contributed by atoms with Crippen LogP contribution in [0.25, 0.3) is 0 Å². The molecule has 6 nitrogen and oxygen atoms in total. The van der Waals surface area contributed by atoms with Gasteiger partial charge in [0.05, 0.1) is 11.1 Å². The third kappa shape index (κ3) is 2.91. The number of fused-ring (bicyclic) bond motifs is 1. The smallest absolute Gasteiger partial charge is 0.314 e. The van der Waals surface area contributed by atoms with E-state index in [2.05, 4.69) is 10.6 Å². The van der Waals surface area contributed by atoms with Crippen LogP contribution < -0.4 is 10.6 Å². The van der Waals surface area contributed by atoms with Gasteiger partial charge < -0.3 is 10.6 Å². The molecule has 0 spiro atoms. The number of nitrogens with zero attached hydrogens (tertiary/aromatic N) is 1. The monoisotopic (exact) mass is 295 g/mol. The molecule has 0 fully saturated rings. The Kier molecular flexibility index (Phi) is 4.57. The van der Waals surface area contributed by atoms with Crippen LogP contribution in [0.3, 0.4) is 0 Å². The molecule has 0 bridgehead atoms. The minimum absolute atomic E-state index is 0.140. The van der Waals surface area contributed by atoms with Gasteiger partial charge in [-0.2, -0.15) is 0 Å². The van der Waals surface area contributed by atoms with Crippen molar-refractivity contribution in [3.05, 3.63) is 35.4 Å². The van der Waals surface area contributed by atoms with Crippen LogP contribution in [0, 0.1) is 0 Å². The molecule has 0 radical (unpaired) electrons. The summed E-state index contributed by atoms with van der Waals surface area (Å²) in [5.74, 6) is -0.326. The van der Waals surface area contributed by atoms with Gasteiger partial charge in [-0.1, -0.05) is 12.1 Å². The maximum absolute atomic E-state index is 12.0. The fourth-order valence-corrected chi connectivity index (χ4v) is 2.04. The summed E-state index contributed by atoms with van der Waals surface area (Å²) in [6, 6.07) is 6.30. The van der Waals surface area contributed by atoms with Crippen LogP contribution in [-0.4, -0.2) is 48.3 Å². The molecule has 4 amide bonds. The number of carbonyl (C=O) groups is 3. The van der Waals surface area contributed by atoms with Crippen LogP contribution in [0.15, 0.2) is 24.3 Å². The lowest BCUT2D eigenvalue weighted by atomic mass is 10.1. The first-order valence-electron chi connectivity index (χ1n) is 6.18. The lowest BCUT2D eigenvalue weighted by Crippen LogP contribution is -2.42. The summed E-state index contributed by atoms with van der Waals surface area (Å²) >= 11 is 5.43. The van der Waals surface area contributed by atoms with E-state index in [4.69, 9.17) is 11.6 Å². The largest absolute Gasteiger partial charge is 0.337 e. The minimum atomic E-state index is -0.373. The van der Waals surface area contributed by atoms with Crippen molar-refractivity contribution in [2.45, 2.75) is 0 Å². The van der Waals surface area contributed by atoms with Gasteiger partial charge in [0.2, 0.25) is 0 Å². The number of hydrogen-bond acceptors (Lipinski definition) is 3. The van der Waals surface area contributed by atoms with Crippen LogP contribution in [0.1, 0.15) is 20.7 Å². The first kappa shape index (κ1) is 14.3. The van der Waals surface area contributed by atoms with Gasteiger partial charge in [-0.25, -0.2) is 4.79 Å². The van der Waals surface area contributed by atoms with E-state index in [1.807, 2.05) is 0 Å². The van der Waals surface area contributed by atoms with Crippen molar-refractivity contribution in [1.82, 2.24) is 15.5 Å². The normalized spacial score (nSPS) is 13.3. The van der Waals surface area contributed by atoms with E-state index in [-0.39, 0.29) is 30.9 Å². The van der Waals surface area contributed by atoms with Crippen LogP contribution in [0.4, 0.5) is 4.79 Å². The van der Waals surface area contributed by atoms with Crippen molar-refractivity contribution in [1.29, 1.82) is 0 Å². The molecule has 20 heavy (non-hydrogen) atoms. The van der Waals surface area contributed by atoms with Crippen molar-refractivity contribution >= 4 is 29.4 Å². The number of amides is 4. The molecular formula is C13H14ClN3O3. The SMILES string of the molecule is O=C(NCCCl)NCCN1C(=O)c2ccccc2C1=O. The van der Waals surface area contributed by atoms with Gasteiger partial charge in [-0.15, -0.1) is 11.6 Å². The highest BCUT2D eigenvalue weighted by Crippen LogP contribution is 2.21. The molecule has 0 unspecified atom stereocenters. The Morgan fingerprint density at radius 1 is 1.05 bits per heavy atom. The molecule has 106 valence electrons. The first-order valence-corrected chi connectivity index (χ1v) is 6.71. The summed E-state index contributed by atoms with van der Waals surface area (Å²) in [6.45, 7) is 0.695. The Labute approximate surface area is 121 Å². The predicted octanol–water partition coefficient (Wildman–Crippen LogP) is 0.821. The molecule has 2 rings (SSSR count). The number of urea groups is 1. The van der Waals surface area contributed by atoms with Crippen molar-refractivity contribution in [2.24, 2.45) is 0 Å². The van der Waals surface area contributed by atoms with E-state index >= 15 is 0 Å². The summed E-state index contributed by atoms with van der Waals surface area (Å²) in [6.07, 6.45) is 0. The second-order valence-electron chi connectivity index (χ2n) is 4.18. The average molecular weight is 296 g/mol. The zero-order valence-electron chi connectivity index (χ0n) is 10.7. The fraction of sp³-hybridized carbons (Fsp3) is 0.308. The van der Waals surface area contributed by atoms with Crippen LogP contribution in [0.5, 0.6) is 0 Å².